The number of rotatable bonds is 4. The minimum absolute atomic E-state index is 0.0808. The van der Waals surface area contributed by atoms with Crippen molar-refractivity contribution in [3.05, 3.63) is 16.5 Å². The first-order valence-electron chi connectivity index (χ1n) is 6.39. The highest BCUT2D eigenvalue weighted by molar-refractivity contribution is 7.91. The van der Waals surface area contributed by atoms with Crippen LogP contribution in [-0.2, 0) is 14.8 Å². The van der Waals surface area contributed by atoms with Gasteiger partial charge in [-0.1, -0.05) is 11.6 Å². The summed E-state index contributed by atoms with van der Waals surface area (Å²) in [7, 11) is -3.47. The fourth-order valence-corrected chi connectivity index (χ4v) is 4.84. The second-order valence-electron chi connectivity index (χ2n) is 4.86. The lowest BCUT2D eigenvalue weighted by Gasteiger charge is -2.31. The molecule has 20 heavy (non-hydrogen) atoms. The SMILES string of the molecule is CC(=O)N1CCC(CNS(=O)(=O)c2ccc(Cl)s2)CC1. The smallest absolute Gasteiger partial charge is 0.250 e. The van der Waals surface area contributed by atoms with E-state index in [4.69, 9.17) is 11.6 Å². The summed E-state index contributed by atoms with van der Waals surface area (Å²) in [6, 6.07) is 3.08. The molecule has 0 aliphatic carbocycles. The van der Waals surface area contributed by atoms with Gasteiger partial charge in [0.1, 0.15) is 4.21 Å². The van der Waals surface area contributed by atoms with E-state index in [1.807, 2.05) is 0 Å². The van der Waals surface area contributed by atoms with E-state index in [9.17, 15) is 13.2 Å². The summed E-state index contributed by atoms with van der Waals surface area (Å²) in [5, 5.41) is 0. The van der Waals surface area contributed by atoms with Gasteiger partial charge in [0.2, 0.25) is 15.9 Å². The number of amides is 1. The molecule has 0 radical (unpaired) electrons. The minimum Gasteiger partial charge on any atom is -0.343 e. The lowest BCUT2D eigenvalue weighted by atomic mass is 9.97. The van der Waals surface area contributed by atoms with Gasteiger partial charge in [-0.3, -0.25) is 4.79 Å². The number of carbonyl (C=O) groups excluding carboxylic acids is 1. The highest BCUT2D eigenvalue weighted by Gasteiger charge is 2.23. The molecule has 1 aromatic heterocycles. The Balaban J connectivity index is 1.86. The minimum atomic E-state index is -3.47. The molecule has 0 atom stereocenters. The number of halogens is 1. The third-order valence-corrected chi connectivity index (χ3v) is 6.58. The van der Waals surface area contributed by atoms with Crippen LogP contribution in [0.3, 0.4) is 0 Å². The number of sulfonamides is 1. The Bertz CT molecular complexity index is 577. The molecule has 0 unspecified atom stereocenters. The summed E-state index contributed by atoms with van der Waals surface area (Å²) < 4.78 is 27.4. The van der Waals surface area contributed by atoms with Crippen LogP contribution in [0.25, 0.3) is 0 Å². The van der Waals surface area contributed by atoms with Gasteiger partial charge in [0.25, 0.3) is 0 Å². The largest absolute Gasteiger partial charge is 0.343 e. The van der Waals surface area contributed by atoms with Crippen molar-refractivity contribution in [3.63, 3.8) is 0 Å². The molecular weight excluding hydrogens is 320 g/mol. The van der Waals surface area contributed by atoms with Crippen molar-refractivity contribution >= 4 is 38.9 Å². The van der Waals surface area contributed by atoms with Crippen LogP contribution in [-0.4, -0.2) is 38.9 Å². The van der Waals surface area contributed by atoms with E-state index < -0.39 is 10.0 Å². The van der Waals surface area contributed by atoms with E-state index in [2.05, 4.69) is 4.72 Å². The maximum atomic E-state index is 12.0. The summed E-state index contributed by atoms with van der Waals surface area (Å²) in [6.45, 7) is 3.37. The molecule has 1 aromatic rings. The zero-order valence-corrected chi connectivity index (χ0v) is 13.5. The van der Waals surface area contributed by atoms with Crippen LogP contribution < -0.4 is 4.72 Å². The molecule has 0 saturated carbocycles. The molecule has 1 aliphatic rings. The summed E-state index contributed by atoms with van der Waals surface area (Å²) in [6.07, 6.45) is 1.65. The van der Waals surface area contributed by atoms with E-state index in [1.165, 1.54) is 6.07 Å². The number of hydrogen-bond acceptors (Lipinski definition) is 4. The summed E-state index contributed by atoms with van der Waals surface area (Å²) in [5.74, 6) is 0.355. The number of likely N-dealkylation sites (tertiary alicyclic amines) is 1. The topological polar surface area (TPSA) is 66.5 Å². The molecule has 0 aromatic carbocycles. The van der Waals surface area contributed by atoms with E-state index in [0.717, 1.165) is 24.2 Å². The lowest BCUT2D eigenvalue weighted by Crippen LogP contribution is -2.40. The van der Waals surface area contributed by atoms with Crippen LogP contribution in [0.1, 0.15) is 19.8 Å². The molecule has 8 heteroatoms. The average molecular weight is 337 g/mol. The third-order valence-electron chi connectivity index (χ3n) is 3.44. The molecule has 0 bridgehead atoms. The highest BCUT2D eigenvalue weighted by Crippen LogP contribution is 2.25. The van der Waals surface area contributed by atoms with E-state index in [-0.39, 0.29) is 16.0 Å². The first-order valence-corrected chi connectivity index (χ1v) is 9.07. The lowest BCUT2D eigenvalue weighted by molar-refractivity contribution is -0.130. The summed E-state index contributed by atoms with van der Waals surface area (Å²) in [5.41, 5.74) is 0. The molecule has 2 heterocycles. The Kier molecular flexibility index (Phi) is 5.06. The summed E-state index contributed by atoms with van der Waals surface area (Å²) in [4.78, 5) is 13.0. The molecule has 2 rings (SSSR count). The van der Waals surface area contributed by atoms with Crippen molar-refractivity contribution in [1.82, 2.24) is 9.62 Å². The Hall–Kier alpha value is -0.630. The zero-order chi connectivity index (χ0) is 14.8. The average Bonchev–Trinajstić information content (AvgIpc) is 2.84. The molecular formula is C12H17ClN2O3S2. The van der Waals surface area contributed by atoms with Crippen LogP contribution in [0.15, 0.2) is 16.3 Å². The van der Waals surface area contributed by atoms with Crippen LogP contribution in [0, 0.1) is 5.92 Å². The zero-order valence-electron chi connectivity index (χ0n) is 11.1. The van der Waals surface area contributed by atoms with Gasteiger partial charge in [-0.2, -0.15) is 0 Å². The van der Waals surface area contributed by atoms with Gasteiger partial charge in [0.05, 0.1) is 4.34 Å². The Morgan fingerprint density at radius 1 is 1.45 bits per heavy atom. The number of carbonyl (C=O) groups is 1. The van der Waals surface area contributed by atoms with Crippen LogP contribution >= 0.6 is 22.9 Å². The molecule has 0 spiro atoms. The normalized spacial score (nSPS) is 17.4. The maximum absolute atomic E-state index is 12.0. The first kappa shape index (κ1) is 15.8. The number of nitrogens with one attached hydrogen (secondary N) is 1. The first-order chi connectivity index (χ1) is 9.38. The molecule has 5 nitrogen and oxygen atoms in total. The van der Waals surface area contributed by atoms with Crippen molar-refractivity contribution in [3.8, 4) is 0 Å². The van der Waals surface area contributed by atoms with E-state index >= 15 is 0 Å². The molecule has 1 amide bonds. The fraction of sp³-hybridized carbons (Fsp3) is 0.583. The summed E-state index contributed by atoms with van der Waals surface area (Å²) >= 11 is 6.80. The molecule has 1 N–H and O–H groups in total. The molecule has 1 saturated heterocycles. The van der Waals surface area contributed by atoms with E-state index in [0.29, 0.717) is 24.0 Å². The van der Waals surface area contributed by atoms with Gasteiger partial charge in [0.15, 0.2) is 0 Å². The Labute approximate surface area is 128 Å². The van der Waals surface area contributed by atoms with Gasteiger partial charge < -0.3 is 4.90 Å². The van der Waals surface area contributed by atoms with Gasteiger partial charge in [-0.15, -0.1) is 11.3 Å². The van der Waals surface area contributed by atoms with Crippen molar-refractivity contribution in [2.24, 2.45) is 5.92 Å². The van der Waals surface area contributed by atoms with E-state index in [1.54, 1.807) is 17.9 Å². The van der Waals surface area contributed by atoms with Gasteiger partial charge in [0, 0.05) is 26.6 Å². The maximum Gasteiger partial charge on any atom is 0.250 e. The van der Waals surface area contributed by atoms with Gasteiger partial charge in [-0.05, 0) is 30.9 Å². The van der Waals surface area contributed by atoms with Crippen molar-refractivity contribution < 1.29 is 13.2 Å². The second-order valence-corrected chi connectivity index (χ2v) is 8.57. The monoisotopic (exact) mass is 336 g/mol. The van der Waals surface area contributed by atoms with Crippen molar-refractivity contribution in [2.75, 3.05) is 19.6 Å². The Morgan fingerprint density at radius 2 is 2.10 bits per heavy atom. The number of thiophene rings is 1. The van der Waals surface area contributed by atoms with Crippen LogP contribution in [0.4, 0.5) is 0 Å². The van der Waals surface area contributed by atoms with Crippen LogP contribution in [0.2, 0.25) is 4.34 Å². The Morgan fingerprint density at radius 3 is 2.60 bits per heavy atom. The quantitative estimate of drug-likeness (QED) is 0.913. The number of piperidine rings is 1. The second kappa shape index (κ2) is 6.43. The fourth-order valence-electron chi connectivity index (χ4n) is 2.19. The molecule has 1 fully saturated rings. The van der Waals surface area contributed by atoms with Crippen molar-refractivity contribution in [2.45, 2.75) is 24.0 Å². The standard InChI is InChI=1S/C12H17ClN2O3S2/c1-9(16)15-6-4-10(5-7-15)8-14-20(17,18)12-3-2-11(13)19-12/h2-3,10,14H,4-8H2,1H3. The number of nitrogens with zero attached hydrogens (tertiary/aromatic N) is 1. The van der Waals surface area contributed by atoms with Crippen molar-refractivity contribution in [1.29, 1.82) is 0 Å². The molecule has 1 aliphatic heterocycles. The predicted molar refractivity (Wildman–Crippen MR) is 79.5 cm³/mol. The van der Waals surface area contributed by atoms with Gasteiger partial charge in [-0.25, -0.2) is 13.1 Å². The van der Waals surface area contributed by atoms with Crippen LogP contribution in [0.5, 0.6) is 0 Å². The predicted octanol–water partition coefficient (Wildman–Crippen LogP) is 1.94. The number of hydrogen-bond donors (Lipinski definition) is 1. The highest BCUT2D eigenvalue weighted by atomic mass is 35.5. The third kappa shape index (κ3) is 3.94. The van der Waals surface area contributed by atoms with Gasteiger partial charge >= 0.3 is 0 Å². The molecule has 112 valence electrons.